The van der Waals surface area contributed by atoms with Gasteiger partial charge in [0.25, 0.3) is 0 Å². The largest absolute Gasteiger partial charge is 0.504 e. The minimum atomic E-state index is -0.649. The van der Waals surface area contributed by atoms with Crippen LogP contribution in [0.15, 0.2) is 36.4 Å². The number of phenols is 1. The third kappa shape index (κ3) is 2.68. The summed E-state index contributed by atoms with van der Waals surface area (Å²) in [7, 11) is 3.12. The average molecular weight is 326 g/mol. The second-order valence-corrected chi connectivity index (χ2v) is 6.11. The van der Waals surface area contributed by atoms with Crippen LogP contribution in [0.2, 0.25) is 0 Å². The number of aryl methyl sites for hydroxylation is 1. The standard InChI is InChI=1S/C20H22O4/c1-11-7-14-9-19(24-4)17(22)10-15(14)20(12(11)2)13-5-6-16(21)18(8-13)23-3/h5-10,16,18,21-22H,1-4H3. The lowest BCUT2D eigenvalue weighted by Gasteiger charge is -2.23. The number of benzene rings is 2. The lowest BCUT2D eigenvalue weighted by molar-refractivity contribution is 0.0421. The van der Waals surface area contributed by atoms with Crippen LogP contribution in [-0.4, -0.2) is 36.6 Å². The summed E-state index contributed by atoms with van der Waals surface area (Å²) in [6.07, 6.45) is 4.53. The molecule has 0 radical (unpaired) electrons. The Morgan fingerprint density at radius 2 is 1.83 bits per heavy atom. The fourth-order valence-electron chi connectivity index (χ4n) is 3.21. The molecule has 0 fully saturated rings. The van der Waals surface area contributed by atoms with E-state index in [1.807, 2.05) is 18.2 Å². The second-order valence-electron chi connectivity index (χ2n) is 6.11. The van der Waals surface area contributed by atoms with Gasteiger partial charge in [-0.15, -0.1) is 0 Å². The topological polar surface area (TPSA) is 58.9 Å². The van der Waals surface area contributed by atoms with E-state index in [1.165, 1.54) is 0 Å². The maximum Gasteiger partial charge on any atom is 0.161 e. The number of aromatic hydroxyl groups is 1. The van der Waals surface area contributed by atoms with E-state index in [9.17, 15) is 10.2 Å². The zero-order valence-corrected chi connectivity index (χ0v) is 14.3. The molecule has 1 aliphatic rings. The number of methoxy groups -OCH3 is 2. The number of phenolic OH excluding ortho intramolecular Hbond substituents is 1. The van der Waals surface area contributed by atoms with E-state index in [0.29, 0.717) is 5.75 Å². The van der Waals surface area contributed by atoms with Gasteiger partial charge in [0.1, 0.15) is 12.2 Å². The van der Waals surface area contributed by atoms with Crippen molar-refractivity contribution < 1.29 is 19.7 Å². The molecule has 0 saturated carbocycles. The van der Waals surface area contributed by atoms with Gasteiger partial charge >= 0.3 is 0 Å². The van der Waals surface area contributed by atoms with Gasteiger partial charge in [-0.25, -0.2) is 0 Å². The van der Waals surface area contributed by atoms with Crippen LogP contribution in [0.5, 0.6) is 11.5 Å². The van der Waals surface area contributed by atoms with E-state index >= 15 is 0 Å². The summed E-state index contributed by atoms with van der Waals surface area (Å²) >= 11 is 0. The Hall–Kier alpha value is -2.30. The van der Waals surface area contributed by atoms with Crippen molar-refractivity contribution in [1.82, 2.24) is 0 Å². The summed E-state index contributed by atoms with van der Waals surface area (Å²) < 4.78 is 10.6. The minimum Gasteiger partial charge on any atom is -0.504 e. The molecule has 2 N–H and O–H groups in total. The van der Waals surface area contributed by atoms with Crippen LogP contribution < -0.4 is 4.74 Å². The highest BCUT2D eigenvalue weighted by Gasteiger charge is 2.21. The highest BCUT2D eigenvalue weighted by atomic mass is 16.5. The summed E-state index contributed by atoms with van der Waals surface area (Å²) in [4.78, 5) is 0. The molecule has 2 atom stereocenters. The zero-order valence-electron chi connectivity index (χ0n) is 14.3. The van der Waals surface area contributed by atoms with Crippen molar-refractivity contribution >= 4 is 16.3 Å². The van der Waals surface area contributed by atoms with Crippen LogP contribution in [0.3, 0.4) is 0 Å². The number of aliphatic hydroxyl groups excluding tert-OH is 1. The molecule has 3 rings (SSSR count). The number of ether oxygens (including phenoxy) is 2. The van der Waals surface area contributed by atoms with E-state index in [1.54, 1.807) is 26.4 Å². The van der Waals surface area contributed by atoms with Crippen molar-refractivity contribution in [2.45, 2.75) is 26.1 Å². The SMILES string of the molecule is COc1cc2cc(C)c(C)c(C3=CC(OC)C(O)C=C3)c2cc1O. The monoisotopic (exact) mass is 326 g/mol. The molecular formula is C20H22O4. The van der Waals surface area contributed by atoms with Crippen LogP contribution in [0, 0.1) is 13.8 Å². The molecule has 0 heterocycles. The summed E-state index contributed by atoms with van der Waals surface area (Å²) in [5.41, 5.74) is 4.30. The third-order valence-electron chi connectivity index (χ3n) is 4.67. The Morgan fingerprint density at radius 1 is 1.08 bits per heavy atom. The first-order valence-corrected chi connectivity index (χ1v) is 7.88. The molecule has 2 unspecified atom stereocenters. The smallest absolute Gasteiger partial charge is 0.161 e. The van der Waals surface area contributed by atoms with E-state index < -0.39 is 6.10 Å². The third-order valence-corrected chi connectivity index (χ3v) is 4.67. The van der Waals surface area contributed by atoms with Crippen molar-refractivity contribution in [1.29, 1.82) is 0 Å². The average Bonchev–Trinajstić information content (AvgIpc) is 2.57. The Balaban J connectivity index is 2.29. The molecule has 2 aromatic rings. The molecule has 2 aromatic carbocycles. The summed E-state index contributed by atoms with van der Waals surface area (Å²) in [5.74, 6) is 0.563. The number of allylic oxidation sites excluding steroid dienone is 2. The molecule has 4 heteroatoms. The lowest BCUT2D eigenvalue weighted by atomic mass is 9.87. The van der Waals surface area contributed by atoms with Crippen molar-refractivity contribution in [2.75, 3.05) is 14.2 Å². The van der Waals surface area contributed by atoms with E-state index in [0.717, 1.165) is 33.0 Å². The van der Waals surface area contributed by atoms with Crippen molar-refractivity contribution in [2.24, 2.45) is 0 Å². The van der Waals surface area contributed by atoms with Gasteiger partial charge in [-0.05, 0) is 65.1 Å². The Kier molecular flexibility index (Phi) is 4.35. The van der Waals surface area contributed by atoms with Gasteiger partial charge in [0.05, 0.1) is 7.11 Å². The molecule has 0 spiro atoms. The first-order valence-electron chi connectivity index (χ1n) is 7.88. The van der Waals surface area contributed by atoms with Crippen LogP contribution in [-0.2, 0) is 4.74 Å². The number of fused-ring (bicyclic) bond motifs is 1. The van der Waals surface area contributed by atoms with E-state index in [4.69, 9.17) is 9.47 Å². The summed E-state index contributed by atoms with van der Waals surface area (Å²) in [6, 6.07) is 5.67. The number of aliphatic hydroxyl groups is 1. The molecule has 0 aromatic heterocycles. The van der Waals surface area contributed by atoms with Gasteiger partial charge in [-0.2, -0.15) is 0 Å². The van der Waals surface area contributed by atoms with Gasteiger partial charge < -0.3 is 19.7 Å². The van der Waals surface area contributed by atoms with Crippen LogP contribution in [0.4, 0.5) is 0 Å². The number of hydrogen-bond acceptors (Lipinski definition) is 4. The molecule has 1 aliphatic carbocycles. The van der Waals surface area contributed by atoms with Crippen molar-refractivity contribution in [3.63, 3.8) is 0 Å². The number of rotatable bonds is 3. The Morgan fingerprint density at radius 3 is 2.50 bits per heavy atom. The van der Waals surface area contributed by atoms with Gasteiger partial charge in [-0.1, -0.05) is 18.2 Å². The van der Waals surface area contributed by atoms with Crippen molar-refractivity contribution in [3.05, 3.63) is 53.1 Å². The maximum atomic E-state index is 10.2. The quantitative estimate of drug-likeness (QED) is 0.906. The fraction of sp³-hybridized carbons (Fsp3) is 0.300. The van der Waals surface area contributed by atoms with E-state index in [2.05, 4.69) is 19.9 Å². The molecule has 0 amide bonds. The van der Waals surface area contributed by atoms with E-state index in [-0.39, 0.29) is 11.9 Å². The fourth-order valence-corrected chi connectivity index (χ4v) is 3.21. The lowest BCUT2D eigenvalue weighted by Crippen LogP contribution is -2.26. The Bertz CT molecular complexity index is 849. The molecule has 0 aliphatic heterocycles. The highest BCUT2D eigenvalue weighted by molar-refractivity contribution is 6.00. The normalized spacial score (nSPS) is 20.3. The molecular weight excluding hydrogens is 304 g/mol. The molecule has 24 heavy (non-hydrogen) atoms. The molecule has 0 bridgehead atoms. The van der Waals surface area contributed by atoms with Crippen LogP contribution in [0.1, 0.15) is 16.7 Å². The molecule has 126 valence electrons. The first-order chi connectivity index (χ1) is 11.5. The second kappa shape index (κ2) is 6.30. The molecule has 4 nitrogen and oxygen atoms in total. The highest BCUT2D eigenvalue weighted by Crippen LogP contribution is 2.39. The van der Waals surface area contributed by atoms with Gasteiger partial charge in [0.15, 0.2) is 11.5 Å². The first kappa shape index (κ1) is 16.6. The predicted molar refractivity (Wildman–Crippen MR) is 95.6 cm³/mol. The summed E-state index contributed by atoms with van der Waals surface area (Å²) in [5, 5.41) is 22.1. The van der Waals surface area contributed by atoms with Gasteiger partial charge in [0, 0.05) is 7.11 Å². The molecule has 0 saturated heterocycles. The minimum absolute atomic E-state index is 0.109. The van der Waals surface area contributed by atoms with Crippen molar-refractivity contribution in [3.8, 4) is 11.5 Å². The predicted octanol–water partition coefficient (Wildman–Crippen LogP) is 3.50. The zero-order chi connectivity index (χ0) is 17.4. The van der Waals surface area contributed by atoms with Gasteiger partial charge in [-0.3, -0.25) is 0 Å². The van der Waals surface area contributed by atoms with Crippen LogP contribution >= 0.6 is 0 Å². The summed E-state index contributed by atoms with van der Waals surface area (Å²) in [6.45, 7) is 4.13. The maximum absolute atomic E-state index is 10.2. The Labute approximate surface area is 141 Å². The van der Waals surface area contributed by atoms with Gasteiger partial charge in [0.2, 0.25) is 0 Å². The van der Waals surface area contributed by atoms with Crippen LogP contribution in [0.25, 0.3) is 16.3 Å². The number of hydrogen-bond donors (Lipinski definition) is 2.